The van der Waals surface area contributed by atoms with E-state index >= 15 is 4.39 Å². The fourth-order valence-electron chi connectivity index (χ4n) is 5.38. The van der Waals surface area contributed by atoms with Crippen LogP contribution in [0, 0.1) is 5.82 Å². The van der Waals surface area contributed by atoms with Gasteiger partial charge in [0.2, 0.25) is 5.95 Å². The van der Waals surface area contributed by atoms with Gasteiger partial charge >= 0.3 is 6.09 Å². The molecule has 1 aromatic heterocycles. The number of aromatic amines is 1. The number of carbonyl (C=O) groups excluding carboxylic acids is 2. The van der Waals surface area contributed by atoms with Crippen LogP contribution in [0.15, 0.2) is 60.7 Å². The Labute approximate surface area is 228 Å². The van der Waals surface area contributed by atoms with Gasteiger partial charge < -0.3 is 19.7 Å². The molecule has 0 saturated carbocycles. The summed E-state index contributed by atoms with van der Waals surface area (Å²) < 4.78 is 20.5. The standard InChI is InChI=1S/C28H25ClFN5O4/c1-34-13-5-6-17(34)15-39-27(37)33-26-31-21-12-11-16(14-22(21)32-26)28(38)19-8-3-2-7-18(19)25(36)35(28)23-10-4-9-20(29)24(23)30/h2-4,7-12,14,17,38H,5-6,13,15H2,1H3,(H2,31,32,33,37)/t17-,28?/m0/s1. The van der Waals surface area contributed by atoms with Gasteiger partial charge in [-0.2, -0.15) is 0 Å². The van der Waals surface area contributed by atoms with Crippen molar-refractivity contribution >= 4 is 46.3 Å². The zero-order valence-electron chi connectivity index (χ0n) is 20.9. The summed E-state index contributed by atoms with van der Waals surface area (Å²) in [6.45, 7) is 1.26. The lowest BCUT2D eigenvalue weighted by atomic mass is 9.93. The lowest BCUT2D eigenvalue weighted by Crippen LogP contribution is -2.45. The molecule has 0 bridgehead atoms. The highest BCUT2D eigenvalue weighted by Crippen LogP contribution is 2.46. The predicted molar refractivity (Wildman–Crippen MR) is 144 cm³/mol. The maximum atomic E-state index is 15.2. The van der Waals surface area contributed by atoms with Gasteiger partial charge in [-0.15, -0.1) is 0 Å². The van der Waals surface area contributed by atoms with E-state index in [-0.39, 0.29) is 40.4 Å². The summed E-state index contributed by atoms with van der Waals surface area (Å²) >= 11 is 6.02. The number of benzene rings is 3. The van der Waals surface area contributed by atoms with E-state index in [0.717, 1.165) is 24.3 Å². The number of amides is 2. The molecule has 11 heteroatoms. The topological polar surface area (TPSA) is 111 Å². The number of aliphatic hydroxyl groups is 1. The maximum Gasteiger partial charge on any atom is 0.414 e. The van der Waals surface area contributed by atoms with Crippen LogP contribution in [0.3, 0.4) is 0 Å². The van der Waals surface area contributed by atoms with Crippen molar-refractivity contribution < 1.29 is 23.8 Å². The first-order chi connectivity index (χ1) is 18.8. The third-order valence-electron chi connectivity index (χ3n) is 7.42. The number of anilines is 2. The number of imidazole rings is 1. The van der Waals surface area contributed by atoms with E-state index in [0.29, 0.717) is 16.6 Å². The van der Waals surface area contributed by atoms with Crippen LogP contribution in [0.2, 0.25) is 5.02 Å². The molecule has 0 aliphatic carbocycles. The molecule has 1 saturated heterocycles. The summed E-state index contributed by atoms with van der Waals surface area (Å²) in [5.41, 5.74) is -0.391. The number of fused-ring (bicyclic) bond motifs is 2. The van der Waals surface area contributed by atoms with Crippen LogP contribution in [0.1, 0.15) is 34.3 Å². The number of nitrogens with zero attached hydrogens (tertiary/aromatic N) is 3. The molecule has 0 spiro atoms. The number of halogens is 2. The number of rotatable bonds is 5. The number of likely N-dealkylation sites (tertiary alicyclic amines) is 1. The van der Waals surface area contributed by atoms with Gasteiger partial charge in [0.05, 0.1) is 21.7 Å². The summed E-state index contributed by atoms with van der Waals surface area (Å²) in [6, 6.07) is 15.9. The Kier molecular flexibility index (Phi) is 6.25. The number of H-pyrrole nitrogens is 1. The normalized spacial score (nSPS) is 21.0. The third-order valence-corrected chi connectivity index (χ3v) is 7.71. The van der Waals surface area contributed by atoms with Crippen LogP contribution in [-0.2, 0) is 10.5 Å². The molecule has 0 radical (unpaired) electrons. The highest BCUT2D eigenvalue weighted by Gasteiger charge is 2.51. The van der Waals surface area contributed by atoms with Crippen molar-refractivity contribution in [2.75, 3.05) is 30.4 Å². The van der Waals surface area contributed by atoms with Gasteiger partial charge in [-0.3, -0.25) is 15.0 Å². The zero-order chi connectivity index (χ0) is 27.3. The second kappa shape index (κ2) is 9.64. The molecule has 1 unspecified atom stereocenters. The predicted octanol–water partition coefficient (Wildman–Crippen LogP) is 4.85. The first-order valence-corrected chi connectivity index (χ1v) is 12.9. The minimum absolute atomic E-state index is 0.158. The van der Waals surface area contributed by atoms with Crippen LogP contribution in [0.5, 0.6) is 0 Å². The first kappa shape index (κ1) is 25.3. The average molecular weight is 550 g/mol. The van der Waals surface area contributed by atoms with Gasteiger partial charge in [0.1, 0.15) is 6.61 Å². The highest BCUT2D eigenvalue weighted by molar-refractivity contribution is 6.31. The quantitative estimate of drug-likeness (QED) is 0.328. The summed E-state index contributed by atoms with van der Waals surface area (Å²) in [7, 11) is 2.00. The Morgan fingerprint density at radius 1 is 1.26 bits per heavy atom. The maximum absolute atomic E-state index is 15.2. The second-order valence-electron chi connectivity index (χ2n) is 9.75. The third kappa shape index (κ3) is 4.21. The van der Waals surface area contributed by atoms with Crippen molar-refractivity contribution in [3.8, 4) is 0 Å². The lowest BCUT2D eigenvalue weighted by Gasteiger charge is -2.35. The molecular weight excluding hydrogens is 525 g/mol. The van der Waals surface area contributed by atoms with Crippen LogP contribution < -0.4 is 10.2 Å². The van der Waals surface area contributed by atoms with Gasteiger partial charge in [-0.25, -0.2) is 14.2 Å². The number of hydrogen-bond donors (Lipinski definition) is 3. The molecule has 3 heterocycles. The second-order valence-corrected chi connectivity index (χ2v) is 10.2. The highest BCUT2D eigenvalue weighted by atomic mass is 35.5. The smallest absolute Gasteiger partial charge is 0.414 e. The van der Waals surface area contributed by atoms with E-state index in [2.05, 4.69) is 20.2 Å². The van der Waals surface area contributed by atoms with E-state index in [9.17, 15) is 14.7 Å². The Bertz CT molecular complexity index is 1610. The largest absolute Gasteiger partial charge is 0.448 e. The number of carbonyl (C=O) groups is 2. The van der Waals surface area contributed by atoms with Crippen molar-refractivity contribution in [3.63, 3.8) is 0 Å². The van der Waals surface area contributed by atoms with Crippen molar-refractivity contribution in [2.45, 2.75) is 24.6 Å². The summed E-state index contributed by atoms with van der Waals surface area (Å²) in [5.74, 6) is -1.23. The van der Waals surface area contributed by atoms with Gasteiger partial charge in [0.25, 0.3) is 5.91 Å². The van der Waals surface area contributed by atoms with Crippen molar-refractivity contribution in [1.82, 2.24) is 14.9 Å². The zero-order valence-corrected chi connectivity index (χ0v) is 21.7. The van der Waals surface area contributed by atoms with Crippen molar-refractivity contribution in [1.29, 1.82) is 0 Å². The van der Waals surface area contributed by atoms with E-state index in [4.69, 9.17) is 16.3 Å². The number of ether oxygens (including phenoxy) is 1. The van der Waals surface area contributed by atoms with Crippen molar-refractivity contribution in [3.05, 3.63) is 88.2 Å². The van der Waals surface area contributed by atoms with Crippen LogP contribution in [-0.4, -0.2) is 58.2 Å². The number of likely N-dealkylation sites (N-methyl/N-ethyl adjacent to an activating group) is 1. The summed E-state index contributed by atoms with van der Waals surface area (Å²) in [6.07, 6.45) is 1.41. The molecule has 3 aromatic carbocycles. The molecule has 3 N–H and O–H groups in total. The summed E-state index contributed by atoms with van der Waals surface area (Å²) in [5, 5.41) is 14.6. The Hall–Kier alpha value is -3.99. The van der Waals surface area contributed by atoms with Crippen LogP contribution in [0.4, 0.5) is 20.8 Å². The number of aromatic nitrogens is 2. The number of nitrogens with one attached hydrogen (secondary N) is 2. The molecule has 1 fully saturated rings. The molecule has 4 aromatic rings. The fraction of sp³-hybridized carbons (Fsp3) is 0.250. The molecule has 2 aliphatic rings. The molecular formula is C28H25ClFN5O4. The van der Waals surface area contributed by atoms with Crippen LogP contribution >= 0.6 is 11.6 Å². The Morgan fingerprint density at radius 3 is 2.87 bits per heavy atom. The SMILES string of the molecule is CN1CCC[C@H]1COC(=O)Nc1nc2ccc(C3(O)c4ccccc4C(=O)N3c3cccc(Cl)c3F)cc2[nH]1. The van der Waals surface area contributed by atoms with Gasteiger partial charge in [0, 0.05) is 22.7 Å². The van der Waals surface area contributed by atoms with Gasteiger partial charge in [-0.05, 0) is 56.8 Å². The van der Waals surface area contributed by atoms with E-state index < -0.39 is 23.5 Å². The monoisotopic (exact) mass is 549 g/mol. The summed E-state index contributed by atoms with van der Waals surface area (Å²) in [4.78, 5) is 36.4. The van der Waals surface area contributed by atoms with Gasteiger partial charge in [0.15, 0.2) is 11.5 Å². The number of hydrogen-bond acceptors (Lipinski definition) is 6. The van der Waals surface area contributed by atoms with Crippen molar-refractivity contribution in [2.24, 2.45) is 0 Å². The Morgan fingerprint density at radius 2 is 2.08 bits per heavy atom. The molecule has 2 aliphatic heterocycles. The van der Waals surface area contributed by atoms with E-state index in [1.54, 1.807) is 42.5 Å². The van der Waals surface area contributed by atoms with E-state index in [1.807, 2.05) is 7.05 Å². The minimum atomic E-state index is -2.04. The first-order valence-electron chi connectivity index (χ1n) is 12.5. The molecule has 2 amide bonds. The van der Waals surface area contributed by atoms with Crippen LogP contribution in [0.25, 0.3) is 11.0 Å². The lowest BCUT2D eigenvalue weighted by molar-refractivity contribution is 0.0699. The fourth-order valence-corrected chi connectivity index (χ4v) is 5.54. The average Bonchev–Trinajstić information content (AvgIpc) is 3.59. The molecule has 200 valence electrons. The molecule has 2 atom stereocenters. The molecule has 9 nitrogen and oxygen atoms in total. The molecule has 6 rings (SSSR count). The minimum Gasteiger partial charge on any atom is -0.448 e. The van der Waals surface area contributed by atoms with Gasteiger partial charge in [-0.1, -0.05) is 41.9 Å². The Balaban J connectivity index is 1.33. The van der Waals surface area contributed by atoms with E-state index in [1.165, 1.54) is 18.2 Å². The molecule has 39 heavy (non-hydrogen) atoms.